The first-order valence-corrected chi connectivity index (χ1v) is 19.1. The van der Waals surface area contributed by atoms with E-state index in [1.807, 2.05) is 0 Å². The molecule has 0 bridgehead atoms. The maximum Gasteiger partial charge on any atom is 0.344 e. The van der Waals surface area contributed by atoms with Crippen molar-refractivity contribution in [3.63, 3.8) is 0 Å². The number of carbonyl (C=O) groups is 3. The Bertz CT molecular complexity index is 3060. The van der Waals surface area contributed by atoms with Gasteiger partial charge >= 0.3 is 29.3 Å². The molecule has 0 unspecified atom stereocenters. The molecule has 340 valence electrons. The molecule has 0 saturated heterocycles. The van der Waals surface area contributed by atoms with E-state index in [9.17, 15) is 42.3 Å². The summed E-state index contributed by atoms with van der Waals surface area (Å²) in [6.45, 7) is 1.28. The van der Waals surface area contributed by atoms with E-state index >= 15 is 0 Å². The first-order valence-electron chi connectivity index (χ1n) is 18.3. The van der Waals surface area contributed by atoms with Crippen LogP contribution in [0, 0.1) is 25.5 Å². The number of carboxylic acid groups (broad SMARTS) is 1. The predicted molar refractivity (Wildman–Crippen MR) is 224 cm³/mol. The zero-order chi connectivity index (χ0) is 47.7. The van der Waals surface area contributed by atoms with Crippen molar-refractivity contribution in [3.8, 4) is 46.1 Å². The van der Waals surface area contributed by atoms with Crippen molar-refractivity contribution in [2.45, 2.75) is 13.8 Å². The molecule has 0 spiro atoms. The summed E-state index contributed by atoms with van der Waals surface area (Å²) in [7, 11) is 4.03. The Morgan fingerprint density at radius 2 is 1.08 bits per heavy atom. The van der Waals surface area contributed by atoms with Crippen LogP contribution in [0.4, 0.5) is 8.78 Å². The minimum atomic E-state index is -1.22. The lowest BCUT2D eigenvalue weighted by Crippen LogP contribution is -2.38. The molecule has 2 aromatic carbocycles. The molecule has 4 heterocycles. The summed E-state index contributed by atoms with van der Waals surface area (Å²) in [5.74, 6) is -5.20. The first kappa shape index (κ1) is 48.2. The van der Waals surface area contributed by atoms with Gasteiger partial charge in [0.15, 0.2) is 31.3 Å². The number of aryl methyl sites for hydroxylation is 2. The van der Waals surface area contributed by atoms with Gasteiger partial charge in [0.2, 0.25) is 0 Å². The Labute approximate surface area is 373 Å². The van der Waals surface area contributed by atoms with Crippen LogP contribution in [0.25, 0.3) is 11.4 Å². The number of nitrogens with zero attached hydrogens (tertiary/aromatic N) is 6. The number of methoxy groups -OCH3 is 1. The molecule has 0 atom stereocenters. The van der Waals surface area contributed by atoms with E-state index in [4.69, 9.17) is 47.3 Å². The lowest BCUT2D eigenvalue weighted by Gasteiger charge is -2.14. The second-order valence-electron chi connectivity index (χ2n) is 13.1. The van der Waals surface area contributed by atoms with Crippen LogP contribution in [-0.2, 0) is 38.0 Å². The largest absolute Gasteiger partial charge is 0.479 e. The average molecular weight is 944 g/mol. The Hall–Kier alpha value is -7.85. The Balaban J connectivity index is 0.000000247. The second-order valence-corrected chi connectivity index (χ2v) is 13.9. The third kappa shape index (κ3) is 11.6. The molecule has 0 saturated carbocycles. The molecule has 65 heavy (non-hydrogen) atoms. The van der Waals surface area contributed by atoms with E-state index in [-0.39, 0.29) is 56.2 Å². The van der Waals surface area contributed by atoms with E-state index in [2.05, 4.69) is 19.4 Å². The SMILES string of the molecule is COC(=O)COC(=O)COc1ncccc1Oc1cc(-n2c(=O)cc(C)n(C)c2=O)c(F)cc1Cl.Cc1cc(=O)n(-c2cc(Oc3cccnc3OCC(=O)O)c(Cl)cc2F)c(=O)n1C. The highest BCUT2D eigenvalue weighted by Gasteiger charge is 2.21. The molecule has 20 nitrogen and oxygen atoms in total. The average Bonchev–Trinajstić information content (AvgIpc) is 3.26. The summed E-state index contributed by atoms with van der Waals surface area (Å²) >= 11 is 12.2. The molecule has 0 aliphatic carbocycles. The van der Waals surface area contributed by atoms with Crippen molar-refractivity contribution >= 4 is 41.1 Å². The zero-order valence-electron chi connectivity index (χ0n) is 34.5. The lowest BCUT2D eigenvalue weighted by atomic mass is 10.2. The van der Waals surface area contributed by atoms with Gasteiger partial charge in [-0.15, -0.1) is 0 Å². The summed E-state index contributed by atoms with van der Waals surface area (Å²) in [6.07, 6.45) is 2.71. The Morgan fingerprint density at radius 3 is 1.49 bits per heavy atom. The molecule has 0 aliphatic rings. The van der Waals surface area contributed by atoms with Crippen LogP contribution in [0.15, 0.2) is 92.2 Å². The van der Waals surface area contributed by atoms with E-state index in [0.717, 1.165) is 31.4 Å². The van der Waals surface area contributed by atoms with Crippen LogP contribution in [0.3, 0.4) is 0 Å². The summed E-state index contributed by atoms with van der Waals surface area (Å²) in [5.41, 5.74) is -2.93. The molecule has 0 amide bonds. The normalized spacial score (nSPS) is 10.6. The van der Waals surface area contributed by atoms with Gasteiger partial charge in [0.25, 0.3) is 22.9 Å². The quantitative estimate of drug-likeness (QED) is 0.151. The summed E-state index contributed by atoms with van der Waals surface area (Å²) in [5, 5.41) is 8.44. The first-order chi connectivity index (χ1) is 30.8. The fraction of sp³-hybridized carbons (Fsp3) is 0.195. The molecule has 0 aliphatic heterocycles. The molecule has 0 radical (unpaired) electrons. The van der Waals surface area contributed by atoms with E-state index < -0.39 is 71.9 Å². The van der Waals surface area contributed by atoms with Gasteiger partial charge in [0.05, 0.1) is 28.5 Å². The fourth-order valence-corrected chi connectivity index (χ4v) is 5.69. The maximum atomic E-state index is 14.7. The van der Waals surface area contributed by atoms with Crippen molar-refractivity contribution < 1.29 is 56.7 Å². The Morgan fingerprint density at radius 1 is 0.646 bits per heavy atom. The third-order valence-electron chi connectivity index (χ3n) is 8.75. The number of halogens is 4. The van der Waals surface area contributed by atoms with Crippen molar-refractivity contribution in [3.05, 3.63) is 148 Å². The van der Waals surface area contributed by atoms with E-state index in [1.54, 1.807) is 13.8 Å². The van der Waals surface area contributed by atoms with Gasteiger partial charge in [-0.1, -0.05) is 23.2 Å². The van der Waals surface area contributed by atoms with Gasteiger partial charge in [-0.2, -0.15) is 0 Å². The second kappa shape index (κ2) is 21.0. The van der Waals surface area contributed by atoms with Crippen molar-refractivity contribution in [1.82, 2.24) is 28.2 Å². The summed E-state index contributed by atoms with van der Waals surface area (Å²) in [6, 6.07) is 12.2. The minimum absolute atomic E-state index is 0.00219. The van der Waals surface area contributed by atoms with Crippen LogP contribution in [-0.4, -0.2) is 78.2 Å². The molecule has 6 rings (SSSR count). The van der Waals surface area contributed by atoms with Crippen LogP contribution >= 0.6 is 23.2 Å². The number of aromatic nitrogens is 6. The van der Waals surface area contributed by atoms with Crippen LogP contribution in [0.2, 0.25) is 10.0 Å². The monoisotopic (exact) mass is 942 g/mol. The number of aliphatic carboxylic acids is 1. The van der Waals surface area contributed by atoms with E-state index in [0.29, 0.717) is 20.5 Å². The van der Waals surface area contributed by atoms with E-state index in [1.165, 1.54) is 72.0 Å². The number of hydrogen-bond donors (Lipinski definition) is 1. The molecular weight excluding hydrogens is 909 g/mol. The summed E-state index contributed by atoms with van der Waals surface area (Å²) in [4.78, 5) is 91.3. The van der Waals surface area contributed by atoms with Gasteiger partial charge in [-0.3, -0.25) is 9.59 Å². The summed E-state index contributed by atoms with van der Waals surface area (Å²) < 4.78 is 63.7. The van der Waals surface area contributed by atoms with Crippen molar-refractivity contribution in [2.24, 2.45) is 14.1 Å². The molecular formula is C41H34Cl2F2N6O14. The van der Waals surface area contributed by atoms with Crippen LogP contribution in [0.5, 0.6) is 34.8 Å². The van der Waals surface area contributed by atoms with Crippen LogP contribution < -0.4 is 41.4 Å². The zero-order valence-corrected chi connectivity index (χ0v) is 36.0. The Kier molecular flexibility index (Phi) is 15.6. The molecule has 1 N–H and O–H groups in total. The van der Waals surface area contributed by atoms with Crippen molar-refractivity contribution in [2.75, 3.05) is 26.9 Å². The lowest BCUT2D eigenvalue weighted by molar-refractivity contribution is -0.158. The molecule has 0 fully saturated rings. The molecule has 4 aromatic heterocycles. The standard InChI is InChI=1S/C22H19ClFN3O8.C19H15ClFN3O6/c1-12-7-18(28)27(22(31)26(12)2)15-9-17(13(23)8-14(15)24)35-16-5-4-6-25-21(16)34-11-20(30)33-10-19(29)32-3;1-10-6-16(25)24(19(28)23(10)2)13-8-15(11(20)7-12(13)21)30-14-4-3-5-22-18(14)29-9-17(26)27/h4-9H,10-11H2,1-3H3;3-8H,9H2,1-2H3,(H,26,27). The number of rotatable bonds is 14. The van der Waals surface area contributed by atoms with Crippen LogP contribution in [0.1, 0.15) is 11.4 Å². The van der Waals surface area contributed by atoms with Gasteiger partial charge < -0.3 is 42.7 Å². The number of ether oxygens (including phenoxy) is 6. The van der Waals surface area contributed by atoms with Gasteiger partial charge in [-0.25, -0.2) is 51.9 Å². The van der Waals surface area contributed by atoms with Gasteiger partial charge in [-0.05, 0) is 50.2 Å². The number of benzene rings is 2. The number of esters is 2. The minimum Gasteiger partial charge on any atom is -0.479 e. The molecule has 24 heteroatoms. The number of carboxylic acids is 1. The topological polar surface area (TPSA) is 241 Å². The molecule has 6 aromatic rings. The number of hydrogen-bond acceptors (Lipinski definition) is 15. The van der Waals surface area contributed by atoms with Gasteiger partial charge in [0.1, 0.15) is 23.1 Å². The fourth-order valence-electron chi connectivity index (χ4n) is 5.31. The number of pyridine rings is 2. The maximum absolute atomic E-state index is 14.7. The third-order valence-corrected chi connectivity index (χ3v) is 9.35. The highest BCUT2D eigenvalue weighted by atomic mass is 35.5. The highest BCUT2D eigenvalue weighted by Crippen LogP contribution is 2.37. The predicted octanol–water partition coefficient (Wildman–Crippen LogP) is 4.21. The number of carbonyl (C=O) groups excluding carboxylic acids is 2. The van der Waals surface area contributed by atoms with Gasteiger partial charge in [0, 0.05) is 62.1 Å². The smallest absolute Gasteiger partial charge is 0.344 e. The highest BCUT2D eigenvalue weighted by molar-refractivity contribution is 6.32. The van der Waals surface area contributed by atoms with Crippen molar-refractivity contribution in [1.29, 1.82) is 0 Å².